The highest BCUT2D eigenvalue weighted by Crippen LogP contribution is 2.42. The maximum absolute atomic E-state index is 12.6. The summed E-state index contributed by atoms with van der Waals surface area (Å²) in [7, 11) is -3.46. The van der Waals surface area contributed by atoms with Gasteiger partial charge in [-0.15, -0.1) is 0 Å². The molecule has 4 amide bonds. The van der Waals surface area contributed by atoms with Gasteiger partial charge in [0.05, 0.1) is 4.75 Å². The highest BCUT2D eigenvalue weighted by molar-refractivity contribution is 7.92. The first-order valence-electron chi connectivity index (χ1n) is 6.88. The quantitative estimate of drug-likeness (QED) is 0.762. The molecule has 0 aromatic rings. The Kier molecular flexibility index (Phi) is 3.64. The van der Waals surface area contributed by atoms with Gasteiger partial charge in [-0.2, -0.15) is 0 Å². The molecular formula is C13H20N2O5S. The lowest BCUT2D eigenvalue weighted by molar-refractivity contribution is -0.151. The number of barbiturate groups is 1. The van der Waals surface area contributed by atoms with Gasteiger partial charge in [-0.1, -0.05) is 12.8 Å². The number of carbonyl (C=O) groups excluding carboxylic acids is 3. The van der Waals surface area contributed by atoms with E-state index in [1.807, 2.05) is 0 Å². The Labute approximate surface area is 124 Å². The minimum absolute atomic E-state index is 0.258. The highest BCUT2D eigenvalue weighted by Gasteiger charge is 2.56. The zero-order chi connectivity index (χ0) is 16.1. The maximum Gasteiger partial charge on any atom is 0.330 e. The first-order valence-corrected chi connectivity index (χ1v) is 8.77. The van der Waals surface area contributed by atoms with E-state index in [0.717, 1.165) is 24.0 Å². The summed E-state index contributed by atoms with van der Waals surface area (Å²) in [5.74, 6) is -1.12. The summed E-state index contributed by atoms with van der Waals surface area (Å²) in [6.45, 7) is 2.66. The van der Waals surface area contributed by atoms with Gasteiger partial charge in [-0.05, 0) is 26.7 Å². The largest absolute Gasteiger partial charge is 0.330 e. The molecule has 8 heteroatoms. The number of rotatable bonds is 3. The lowest BCUT2D eigenvalue weighted by atomic mass is 9.82. The summed E-state index contributed by atoms with van der Waals surface area (Å²) in [6.07, 6.45) is 3.37. The van der Waals surface area contributed by atoms with Crippen molar-refractivity contribution in [1.82, 2.24) is 10.2 Å². The fraction of sp³-hybridized carbons (Fsp3) is 0.769. The predicted molar refractivity (Wildman–Crippen MR) is 75.1 cm³/mol. The summed E-state index contributed by atoms with van der Waals surface area (Å²) in [5, 5.41) is 2.20. The van der Waals surface area contributed by atoms with Crippen LogP contribution in [-0.2, 0) is 19.4 Å². The third-order valence-electron chi connectivity index (χ3n) is 4.55. The lowest BCUT2D eigenvalue weighted by Gasteiger charge is -2.39. The minimum atomic E-state index is -3.46. The van der Waals surface area contributed by atoms with E-state index in [9.17, 15) is 22.8 Å². The van der Waals surface area contributed by atoms with E-state index in [2.05, 4.69) is 5.32 Å². The average Bonchev–Trinajstić information content (AvgIpc) is 2.82. The molecule has 118 valence electrons. The van der Waals surface area contributed by atoms with Gasteiger partial charge in [-0.25, -0.2) is 13.2 Å². The Hall–Kier alpha value is -1.44. The maximum atomic E-state index is 12.6. The number of sulfone groups is 1. The third kappa shape index (κ3) is 2.45. The topological polar surface area (TPSA) is 101 Å². The van der Waals surface area contributed by atoms with Crippen LogP contribution in [0, 0.1) is 5.41 Å². The molecular weight excluding hydrogens is 296 g/mol. The monoisotopic (exact) mass is 316 g/mol. The molecule has 1 N–H and O–H groups in total. The molecule has 0 aromatic heterocycles. The van der Waals surface area contributed by atoms with Crippen LogP contribution in [0.5, 0.6) is 0 Å². The van der Waals surface area contributed by atoms with Crippen molar-refractivity contribution in [3.8, 4) is 0 Å². The number of urea groups is 1. The SMILES string of the molecule is CC(C)(CN1C(=O)NC(=O)C2(CCCC2)C1=O)S(C)(=O)=O. The van der Waals surface area contributed by atoms with Crippen molar-refractivity contribution in [3.05, 3.63) is 0 Å². The van der Waals surface area contributed by atoms with Crippen LogP contribution < -0.4 is 5.32 Å². The van der Waals surface area contributed by atoms with Crippen molar-refractivity contribution in [1.29, 1.82) is 0 Å². The second-order valence-electron chi connectivity index (χ2n) is 6.47. The zero-order valence-corrected chi connectivity index (χ0v) is 13.2. The van der Waals surface area contributed by atoms with E-state index in [0.29, 0.717) is 12.8 Å². The summed E-state index contributed by atoms with van der Waals surface area (Å²) < 4.78 is 22.3. The van der Waals surface area contributed by atoms with Crippen molar-refractivity contribution in [2.45, 2.75) is 44.3 Å². The van der Waals surface area contributed by atoms with Crippen LogP contribution >= 0.6 is 0 Å². The van der Waals surface area contributed by atoms with Crippen LogP contribution in [-0.4, -0.2) is 48.7 Å². The molecule has 1 heterocycles. The van der Waals surface area contributed by atoms with Gasteiger partial charge < -0.3 is 0 Å². The molecule has 2 aliphatic rings. The second kappa shape index (κ2) is 4.79. The fourth-order valence-electron chi connectivity index (χ4n) is 2.79. The Morgan fingerprint density at radius 3 is 2.19 bits per heavy atom. The van der Waals surface area contributed by atoms with E-state index < -0.39 is 37.8 Å². The van der Waals surface area contributed by atoms with Crippen molar-refractivity contribution >= 4 is 27.7 Å². The Bertz CT molecular complexity index is 602. The molecule has 2 fully saturated rings. The first kappa shape index (κ1) is 15.9. The number of amides is 4. The van der Waals surface area contributed by atoms with Crippen molar-refractivity contribution in [3.63, 3.8) is 0 Å². The van der Waals surface area contributed by atoms with Gasteiger partial charge in [0.1, 0.15) is 5.41 Å². The standard InChI is InChI=1S/C13H20N2O5S/c1-12(2,21(3,19)20)8-15-10(17)13(6-4-5-7-13)9(16)14-11(15)18/h4-8H2,1-3H3,(H,14,16,18). The van der Waals surface area contributed by atoms with Crippen LogP contribution in [0.4, 0.5) is 4.79 Å². The van der Waals surface area contributed by atoms with Gasteiger partial charge in [0.15, 0.2) is 9.84 Å². The van der Waals surface area contributed by atoms with E-state index >= 15 is 0 Å². The summed E-state index contributed by atoms with van der Waals surface area (Å²) >= 11 is 0. The van der Waals surface area contributed by atoms with Crippen LogP contribution in [0.2, 0.25) is 0 Å². The summed E-state index contributed by atoms with van der Waals surface area (Å²) in [4.78, 5) is 37.5. The van der Waals surface area contributed by atoms with Crippen LogP contribution in [0.25, 0.3) is 0 Å². The summed E-state index contributed by atoms with van der Waals surface area (Å²) in [5.41, 5.74) is -1.19. The molecule has 0 unspecified atom stereocenters. The number of nitrogens with one attached hydrogen (secondary N) is 1. The molecule has 1 saturated carbocycles. The molecule has 1 aliphatic heterocycles. The van der Waals surface area contributed by atoms with E-state index in [1.54, 1.807) is 0 Å². The van der Waals surface area contributed by atoms with E-state index in [1.165, 1.54) is 13.8 Å². The van der Waals surface area contributed by atoms with Gasteiger partial charge in [0.2, 0.25) is 11.8 Å². The zero-order valence-electron chi connectivity index (χ0n) is 12.4. The highest BCUT2D eigenvalue weighted by atomic mass is 32.2. The van der Waals surface area contributed by atoms with Crippen molar-refractivity contribution in [2.24, 2.45) is 5.41 Å². The third-order valence-corrected chi connectivity index (χ3v) is 6.69. The van der Waals surface area contributed by atoms with Crippen LogP contribution in [0.3, 0.4) is 0 Å². The average molecular weight is 316 g/mol. The predicted octanol–water partition coefficient (Wildman–Crippen LogP) is 0.448. The number of nitrogens with zero attached hydrogens (tertiary/aromatic N) is 1. The Morgan fingerprint density at radius 1 is 1.19 bits per heavy atom. The summed E-state index contributed by atoms with van der Waals surface area (Å²) in [6, 6.07) is -0.834. The molecule has 0 bridgehead atoms. The molecule has 0 aromatic carbocycles. The van der Waals surface area contributed by atoms with Crippen molar-refractivity contribution < 1.29 is 22.8 Å². The molecule has 1 aliphatic carbocycles. The van der Waals surface area contributed by atoms with Gasteiger partial charge in [0, 0.05) is 12.8 Å². The van der Waals surface area contributed by atoms with Crippen LogP contribution in [0.1, 0.15) is 39.5 Å². The first-order chi connectivity index (χ1) is 9.51. The normalized spacial score (nSPS) is 22.8. The molecule has 0 radical (unpaired) electrons. The number of imide groups is 2. The molecule has 7 nitrogen and oxygen atoms in total. The van der Waals surface area contributed by atoms with E-state index in [4.69, 9.17) is 0 Å². The molecule has 1 spiro atoms. The second-order valence-corrected chi connectivity index (χ2v) is 9.12. The van der Waals surface area contributed by atoms with E-state index in [-0.39, 0.29) is 6.54 Å². The van der Waals surface area contributed by atoms with Gasteiger partial charge in [0.25, 0.3) is 0 Å². The van der Waals surface area contributed by atoms with Crippen molar-refractivity contribution in [2.75, 3.05) is 12.8 Å². The molecule has 2 rings (SSSR count). The molecule has 0 atom stereocenters. The lowest BCUT2D eigenvalue weighted by Crippen LogP contribution is -2.65. The molecule has 21 heavy (non-hydrogen) atoms. The number of hydrogen-bond donors (Lipinski definition) is 1. The van der Waals surface area contributed by atoms with Gasteiger partial charge in [-0.3, -0.25) is 19.8 Å². The Morgan fingerprint density at radius 2 is 1.71 bits per heavy atom. The number of hydrogen-bond acceptors (Lipinski definition) is 5. The smallest absolute Gasteiger partial charge is 0.277 e. The Balaban J connectivity index is 2.33. The minimum Gasteiger partial charge on any atom is -0.277 e. The fourth-order valence-corrected chi connectivity index (χ4v) is 3.16. The van der Waals surface area contributed by atoms with Crippen LogP contribution in [0.15, 0.2) is 0 Å². The number of carbonyl (C=O) groups is 3. The molecule has 1 saturated heterocycles. The van der Waals surface area contributed by atoms with Gasteiger partial charge >= 0.3 is 6.03 Å².